The van der Waals surface area contributed by atoms with Crippen LogP contribution in [0.15, 0.2) is 30.3 Å². The number of aromatic nitrogens is 1. The Hall–Kier alpha value is -1.15. The van der Waals surface area contributed by atoms with E-state index in [0.717, 1.165) is 5.82 Å². The molecule has 0 aliphatic heterocycles. The number of fused-ring (bicyclic) bond motifs is 1. The number of nitrogens with two attached hydrogens (primary N) is 1. The fourth-order valence-corrected chi connectivity index (χ4v) is 1.31. The molecule has 2 aromatic rings. The largest absolute Gasteiger partial charge is 0.385 e. The van der Waals surface area contributed by atoms with Gasteiger partial charge in [0.2, 0.25) is 0 Å². The minimum atomic E-state index is 0. The second-order valence-electron chi connectivity index (χ2n) is 2.69. The van der Waals surface area contributed by atoms with Crippen molar-refractivity contribution in [2.45, 2.75) is 0 Å². The van der Waals surface area contributed by atoms with Crippen LogP contribution in [-0.2, 0) is 7.05 Å². The van der Waals surface area contributed by atoms with Gasteiger partial charge < -0.3 is 10.3 Å². The zero-order valence-electron chi connectivity index (χ0n) is 6.82. The molecule has 2 nitrogen and oxygen atoms in total. The van der Waals surface area contributed by atoms with Crippen LogP contribution in [0.2, 0.25) is 0 Å². The van der Waals surface area contributed by atoms with Crippen LogP contribution in [0.25, 0.3) is 10.9 Å². The van der Waals surface area contributed by atoms with Crippen LogP contribution in [0.5, 0.6) is 0 Å². The quantitative estimate of drug-likeness (QED) is 0.665. The third-order valence-corrected chi connectivity index (χ3v) is 1.99. The second kappa shape index (κ2) is 3.07. The Kier molecular flexibility index (Phi) is 2.29. The van der Waals surface area contributed by atoms with Gasteiger partial charge >= 0.3 is 0 Å². The summed E-state index contributed by atoms with van der Waals surface area (Å²) in [7, 11) is 1.97. The Morgan fingerprint density at radius 1 is 1.25 bits per heavy atom. The summed E-state index contributed by atoms with van der Waals surface area (Å²) in [6.45, 7) is 0. The zero-order chi connectivity index (χ0) is 7.84. The lowest BCUT2D eigenvalue weighted by molar-refractivity contribution is 0.983. The van der Waals surface area contributed by atoms with Gasteiger partial charge in [0, 0.05) is 18.0 Å². The maximum atomic E-state index is 5.72. The molecule has 0 aliphatic carbocycles. The van der Waals surface area contributed by atoms with Gasteiger partial charge in [-0.15, -0.1) is 12.4 Å². The molecule has 0 spiro atoms. The van der Waals surface area contributed by atoms with Crippen molar-refractivity contribution in [1.29, 1.82) is 0 Å². The highest BCUT2D eigenvalue weighted by Crippen LogP contribution is 2.18. The monoisotopic (exact) mass is 182 g/mol. The van der Waals surface area contributed by atoms with Gasteiger partial charge in [-0.1, -0.05) is 18.2 Å². The predicted octanol–water partition coefficient (Wildman–Crippen LogP) is 2.18. The van der Waals surface area contributed by atoms with Crippen molar-refractivity contribution in [1.82, 2.24) is 4.57 Å². The van der Waals surface area contributed by atoms with E-state index in [1.54, 1.807) is 0 Å². The highest BCUT2D eigenvalue weighted by molar-refractivity contribution is 5.85. The smallest absolute Gasteiger partial charge is 0.104 e. The molecule has 1 aromatic carbocycles. The molecular weight excluding hydrogens is 172 g/mol. The van der Waals surface area contributed by atoms with E-state index in [9.17, 15) is 0 Å². The van der Waals surface area contributed by atoms with Crippen molar-refractivity contribution in [2.75, 3.05) is 5.73 Å². The maximum Gasteiger partial charge on any atom is 0.104 e. The van der Waals surface area contributed by atoms with Crippen LogP contribution in [0.1, 0.15) is 0 Å². The normalized spacial score (nSPS) is 9.75. The Morgan fingerprint density at radius 3 is 2.58 bits per heavy atom. The molecule has 0 bridgehead atoms. The first-order valence-corrected chi connectivity index (χ1v) is 3.59. The topological polar surface area (TPSA) is 30.9 Å². The molecule has 64 valence electrons. The van der Waals surface area contributed by atoms with Crippen molar-refractivity contribution in [2.24, 2.45) is 7.05 Å². The van der Waals surface area contributed by atoms with Crippen LogP contribution in [0.3, 0.4) is 0 Å². The average Bonchev–Trinajstić information content (AvgIpc) is 2.30. The van der Waals surface area contributed by atoms with Crippen molar-refractivity contribution in [3.05, 3.63) is 30.3 Å². The summed E-state index contributed by atoms with van der Waals surface area (Å²) in [5, 5.41) is 1.20. The Bertz CT molecular complexity index is 392. The van der Waals surface area contributed by atoms with Gasteiger partial charge in [0.15, 0.2) is 0 Å². The van der Waals surface area contributed by atoms with Gasteiger partial charge in [-0.3, -0.25) is 0 Å². The number of hydrogen-bond donors (Lipinski definition) is 1. The molecule has 3 heteroatoms. The number of anilines is 1. The van der Waals surface area contributed by atoms with Crippen molar-refractivity contribution >= 4 is 29.1 Å². The number of halogens is 1. The minimum absolute atomic E-state index is 0. The van der Waals surface area contributed by atoms with E-state index >= 15 is 0 Å². The number of rotatable bonds is 0. The maximum absolute atomic E-state index is 5.72. The molecule has 1 heterocycles. The number of benzene rings is 1. The van der Waals surface area contributed by atoms with Crippen molar-refractivity contribution in [3.63, 3.8) is 0 Å². The van der Waals surface area contributed by atoms with E-state index in [1.807, 2.05) is 29.8 Å². The number of nitrogens with zero attached hydrogens (tertiary/aromatic N) is 1. The first kappa shape index (κ1) is 8.94. The number of hydrogen-bond acceptors (Lipinski definition) is 1. The van der Waals surface area contributed by atoms with Gasteiger partial charge in [0.05, 0.1) is 0 Å². The summed E-state index contributed by atoms with van der Waals surface area (Å²) >= 11 is 0. The summed E-state index contributed by atoms with van der Waals surface area (Å²) < 4.78 is 1.98. The van der Waals surface area contributed by atoms with Gasteiger partial charge in [0.1, 0.15) is 5.82 Å². The van der Waals surface area contributed by atoms with Crippen LogP contribution >= 0.6 is 12.4 Å². The average molecular weight is 183 g/mol. The molecule has 0 aliphatic rings. The number of aryl methyl sites for hydroxylation is 1. The van der Waals surface area contributed by atoms with E-state index in [0.29, 0.717) is 0 Å². The predicted molar refractivity (Wildman–Crippen MR) is 54.6 cm³/mol. The van der Waals surface area contributed by atoms with Crippen LogP contribution < -0.4 is 5.73 Å². The molecular formula is C9H11ClN2. The fourth-order valence-electron chi connectivity index (χ4n) is 1.31. The van der Waals surface area contributed by atoms with E-state index in [-0.39, 0.29) is 12.4 Å². The molecule has 0 unspecified atom stereocenters. The number of para-hydroxylation sites is 1. The van der Waals surface area contributed by atoms with Gasteiger partial charge in [-0.05, 0) is 12.1 Å². The highest BCUT2D eigenvalue weighted by Gasteiger charge is 1.99. The van der Waals surface area contributed by atoms with Crippen molar-refractivity contribution < 1.29 is 0 Å². The molecule has 0 saturated carbocycles. The molecule has 1 aromatic heterocycles. The lowest BCUT2D eigenvalue weighted by Crippen LogP contribution is -1.94. The third-order valence-electron chi connectivity index (χ3n) is 1.99. The first-order valence-electron chi connectivity index (χ1n) is 3.59. The van der Waals surface area contributed by atoms with E-state index in [1.165, 1.54) is 10.9 Å². The van der Waals surface area contributed by atoms with E-state index in [2.05, 4.69) is 12.1 Å². The third kappa shape index (κ3) is 1.14. The zero-order valence-corrected chi connectivity index (χ0v) is 7.64. The van der Waals surface area contributed by atoms with Crippen LogP contribution in [0.4, 0.5) is 5.82 Å². The summed E-state index contributed by atoms with van der Waals surface area (Å²) in [4.78, 5) is 0. The fraction of sp³-hybridized carbons (Fsp3) is 0.111. The SMILES string of the molecule is Cl.Cn1c(N)cc2ccccc21. The van der Waals surface area contributed by atoms with E-state index < -0.39 is 0 Å². The molecule has 12 heavy (non-hydrogen) atoms. The standard InChI is InChI=1S/C9H10N2.ClH/c1-11-8-5-3-2-4-7(8)6-9(11)10;/h2-6H,10H2,1H3;1H. The Labute approximate surface area is 77.4 Å². The Morgan fingerprint density at radius 2 is 1.92 bits per heavy atom. The highest BCUT2D eigenvalue weighted by atomic mass is 35.5. The summed E-state index contributed by atoms with van der Waals surface area (Å²) in [6.07, 6.45) is 0. The molecule has 2 N–H and O–H groups in total. The summed E-state index contributed by atoms with van der Waals surface area (Å²) in [6, 6.07) is 10.1. The number of nitrogen functional groups attached to an aromatic ring is 1. The molecule has 0 amide bonds. The lowest BCUT2D eigenvalue weighted by atomic mass is 10.2. The second-order valence-corrected chi connectivity index (χ2v) is 2.69. The molecule has 2 rings (SSSR count). The Balaban J connectivity index is 0.000000720. The van der Waals surface area contributed by atoms with Crippen molar-refractivity contribution in [3.8, 4) is 0 Å². The van der Waals surface area contributed by atoms with Crippen LogP contribution in [0, 0.1) is 0 Å². The van der Waals surface area contributed by atoms with Gasteiger partial charge in [-0.25, -0.2) is 0 Å². The van der Waals surface area contributed by atoms with Gasteiger partial charge in [0.25, 0.3) is 0 Å². The molecule has 0 atom stereocenters. The summed E-state index contributed by atoms with van der Waals surface area (Å²) in [5.74, 6) is 0.811. The summed E-state index contributed by atoms with van der Waals surface area (Å²) in [5.41, 5.74) is 6.90. The van der Waals surface area contributed by atoms with Gasteiger partial charge in [-0.2, -0.15) is 0 Å². The van der Waals surface area contributed by atoms with E-state index in [4.69, 9.17) is 5.73 Å². The first-order chi connectivity index (χ1) is 5.29. The molecule has 0 radical (unpaired) electrons. The lowest BCUT2D eigenvalue weighted by Gasteiger charge is -1.96. The minimum Gasteiger partial charge on any atom is -0.385 e. The molecule has 0 saturated heterocycles. The van der Waals surface area contributed by atoms with Crippen LogP contribution in [-0.4, -0.2) is 4.57 Å². The molecule has 0 fully saturated rings.